The minimum atomic E-state index is -0.572. The van der Waals surface area contributed by atoms with Gasteiger partial charge in [-0.25, -0.2) is 0 Å². The second kappa shape index (κ2) is 6.72. The topological polar surface area (TPSA) is 86.8 Å². The molecule has 0 aliphatic carbocycles. The summed E-state index contributed by atoms with van der Waals surface area (Å²) >= 11 is 0. The number of aliphatic hydroxyl groups is 1. The van der Waals surface area contributed by atoms with E-state index in [1.165, 1.54) is 0 Å². The van der Waals surface area contributed by atoms with Crippen molar-refractivity contribution in [1.29, 1.82) is 0 Å². The lowest BCUT2D eigenvalue weighted by Gasteiger charge is -2.33. The van der Waals surface area contributed by atoms with Gasteiger partial charge in [0, 0.05) is 19.7 Å². The molecule has 1 saturated heterocycles. The Hall–Kier alpha value is -1.59. The van der Waals surface area contributed by atoms with Crippen LogP contribution in [0.15, 0.2) is 24.3 Å². The predicted octanol–water partition coefficient (Wildman–Crippen LogP) is 0.493. The smallest absolute Gasteiger partial charge is 0.239 e. The van der Waals surface area contributed by atoms with Crippen molar-refractivity contribution < 1.29 is 15.0 Å². The highest BCUT2D eigenvalue weighted by molar-refractivity contribution is 5.82. The number of nitrogens with two attached hydrogens (primary N) is 1. The highest BCUT2D eigenvalue weighted by atomic mass is 16.3. The Morgan fingerprint density at radius 3 is 2.75 bits per heavy atom. The molecule has 1 heterocycles. The molecule has 2 rings (SSSR count). The van der Waals surface area contributed by atoms with Crippen molar-refractivity contribution in [3.05, 3.63) is 29.8 Å². The zero-order valence-electron chi connectivity index (χ0n) is 11.5. The van der Waals surface area contributed by atoms with Gasteiger partial charge in [-0.3, -0.25) is 4.79 Å². The monoisotopic (exact) mass is 278 g/mol. The van der Waals surface area contributed by atoms with Gasteiger partial charge in [0.2, 0.25) is 5.91 Å². The van der Waals surface area contributed by atoms with Gasteiger partial charge >= 0.3 is 0 Å². The van der Waals surface area contributed by atoms with Crippen LogP contribution in [0.1, 0.15) is 18.4 Å². The molecule has 4 N–H and O–H groups in total. The Morgan fingerprint density at radius 1 is 1.40 bits per heavy atom. The summed E-state index contributed by atoms with van der Waals surface area (Å²) in [5.74, 6) is 0.320. The van der Waals surface area contributed by atoms with E-state index in [2.05, 4.69) is 0 Å². The van der Waals surface area contributed by atoms with E-state index in [0.29, 0.717) is 13.0 Å². The van der Waals surface area contributed by atoms with Gasteiger partial charge in [0.1, 0.15) is 5.75 Å². The lowest BCUT2D eigenvalue weighted by Crippen LogP contribution is -2.49. The summed E-state index contributed by atoms with van der Waals surface area (Å²) in [4.78, 5) is 14.1. The molecular weight excluding hydrogens is 256 g/mol. The molecule has 110 valence electrons. The third-order valence-electron chi connectivity index (χ3n) is 3.80. The molecule has 2 unspecified atom stereocenters. The second-order valence-electron chi connectivity index (χ2n) is 5.45. The van der Waals surface area contributed by atoms with Crippen LogP contribution in [0, 0.1) is 5.92 Å². The van der Waals surface area contributed by atoms with E-state index >= 15 is 0 Å². The number of hydrogen-bond donors (Lipinski definition) is 3. The van der Waals surface area contributed by atoms with E-state index in [4.69, 9.17) is 5.73 Å². The van der Waals surface area contributed by atoms with Crippen LogP contribution >= 0.6 is 0 Å². The van der Waals surface area contributed by atoms with Crippen LogP contribution in [0.4, 0.5) is 0 Å². The summed E-state index contributed by atoms with van der Waals surface area (Å²) in [5, 5.41) is 18.4. The van der Waals surface area contributed by atoms with Gasteiger partial charge < -0.3 is 20.8 Å². The fourth-order valence-electron chi connectivity index (χ4n) is 2.62. The number of carbonyl (C=O) groups excluding carboxylic acids is 1. The average Bonchev–Trinajstić information content (AvgIpc) is 2.48. The number of amides is 1. The number of benzene rings is 1. The third kappa shape index (κ3) is 3.71. The minimum absolute atomic E-state index is 0.0591. The lowest BCUT2D eigenvalue weighted by molar-refractivity contribution is -0.134. The van der Waals surface area contributed by atoms with Crippen molar-refractivity contribution in [1.82, 2.24) is 4.90 Å². The quantitative estimate of drug-likeness (QED) is 0.748. The molecule has 0 aromatic heterocycles. The van der Waals surface area contributed by atoms with E-state index in [1.807, 2.05) is 0 Å². The highest BCUT2D eigenvalue weighted by Crippen LogP contribution is 2.17. The first-order valence-corrected chi connectivity index (χ1v) is 7.03. The largest absolute Gasteiger partial charge is 0.508 e. The molecular formula is C15H22N2O3. The number of rotatable bonds is 4. The standard InChI is InChI=1S/C15H22N2O3/c16-14(8-11-3-5-13(19)6-4-11)15(20)17-7-1-2-12(9-17)10-18/h3-6,12,14,18-19H,1-2,7-10,16H2. The maximum absolute atomic E-state index is 12.3. The summed E-state index contributed by atoms with van der Waals surface area (Å²) in [5.41, 5.74) is 6.92. The minimum Gasteiger partial charge on any atom is -0.508 e. The number of aromatic hydroxyl groups is 1. The number of hydrogen-bond acceptors (Lipinski definition) is 4. The fourth-order valence-corrected chi connectivity index (χ4v) is 2.62. The van der Waals surface area contributed by atoms with Crippen molar-refractivity contribution in [3.63, 3.8) is 0 Å². The van der Waals surface area contributed by atoms with Crippen LogP contribution in [0.5, 0.6) is 5.75 Å². The maximum atomic E-state index is 12.3. The number of piperidine rings is 1. The number of phenols is 1. The van der Waals surface area contributed by atoms with Crippen molar-refractivity contribution in [2.24, 2.45) is 11.7 Å². The molecule has 0 saturated carbocycles. The summed E-state index contributed by atoms with van der Waals surface area (Å²) in [6.07, 6.45) is 2.34. The first-order chi connectivity index (χ1) is 9.60. The first-order valence-electron chi connectivity index (χ1n) is 7.03. The maximum Gasteiger partial charge on any atom is 0.239 e. The molecule has 5 nitrogen and oxygen atoms in total. The first kappa shape index (κ1) is 14.8. The second-order valence-corrected chi connectivity index (χ2v) is 5.45. The van der Waals surface area contributed by atoms with E-state index in [9.17, 15) is 15.0 Å². The number of carbonyl (C=O) groups is 1. The van der Waals surface area contributed by atoms with Gasteiger partial charge in [-0.1, -0.05) is 12.1 Å². The van der Waals surface area contributed by atoms with Crippen molar-refractivity contribution in [2.75, 3.05) is 19.7 Å². The molecule has 1 aliphatic heterocycles. The van der Waals surface area contributed by atoms with E-state index in [0.717, 1.165) is 24.9 Å². The fraction of sp³-hybridized carbons (Fsp3) is 0.533. The zero-order valence-corrected chi connectivity index (χ0v) is 11.5. The Kier molecular flexibility index (Phi) is 4.98. The summed E-state index contributed by atoms with van der Waals surface area (Å²) in [6, 6.07) is 6.16. The number of aliphatic hydroxyl groups excluding tert-OH is 1. The van der Waals surface area contributed by atoms with Gasteiger partial charge in [0.05, 0.1) is 6.04 Å². The average molecular weight is 278 g/mol. The van der Waals surface area contributed by atoms with Gasteiger partial charge in [0.15, 0.2) is 0 Å². The molecule has 1 amide bonds. The van der Waals surface area contributed by atoms with Crippen molar-refractivity contribution >= 4 is 5.91 Å². The molecule has 0 spiro atoms. The van der Waals surface area contributed by atoms with E-state index < -0.39 is 6.04 Å². The Morgan fingerprint density at radius 2 is 2.10 bits per heavy atom. The zero-order chi connectivity index (χ0) is 14.5. The third-order valence-corrected chi connectivity index (χ3v) is 3.80. The Balaban J connectivity index is 1.92. The van der Waals surface area contributed by atoms with Gasteiger partial charge in [-0.05, 0) is 42.9 Å². The summed E-state index contributed by atoms with van der Waals surface area (Å²) < 4.78 is 0. The molecule has 1 aromatic carbocycles. The lowest BCUT2D eigenvalue weighted by atomic mass is 9.97. The van der Waals surface area contributed by atoms with Crippen molar-refractivity contribution in [3.8, 4) is 5.75 Å². The number of likely N-dealkylation sites (tertiary alicyclic amines) is 1. The molecule has 0 bridgehead atoms. The molecule has 1 fully saturated rings. The molecule has 20 heavy (non-hydrogen) atoms. The van der Waals surface area contributed by atoms with Crippen LogP contribution in [-0.2, 0) is 11.2 Å². The summed E-state index contributed by atoms with van der Waals surface area (Å²) in [6.45, 7) is 1.44. The molecule has 5 heteroatoms. The Bertz CT molecular complexity index is 447. The number of phenolic OH excluding ortho intramolecular Hbond substituents is 1. The normalized spacial score (nSPS) is 20.7. The van der Waals surface area contributed by atoms with Crippen molar-refractivity contribution in [2.45, 2.75) is 25.3 Å². The van der Waals surface area contributed by atoms with Gasteiger partial charge in [-0.2, -0.15) is 0 Å². The molecule has 0 radical (unpaired) electrons. The van der Waals surface area contributed by atoms with Crippen LogP contribution in [0.2, 0.25) is 0 Å². The van der Waals surface area contributed by atoms with Crippen LogP contribution < -0.4 is 5.73 Å². The highest BCUT2D eigenvalue weighted by Gasteiger charge is 2.26. The predicted molar refractivity (Wildman–Crippen MR) is 76.2 cm³/mol. The molecule has 1 aliphatic rings. The van der Waals surface area contributed by atoms with Gasteiger partial charge in [0.25, 0.3) is 0 Å². The SMILES string of the molecule is NC(Cc1ccc(O)cc1)C(=O)N1CCCC(CO)C1. The van der Waals surface area contributed by atoms with Crippen LogP contribution in [-0.4, -0.2) is 46.8 Å². The number of nitrogens with zero attached hydrogens (tertiary/aromatic N) is 1. The van der Waals surface area contributed by atoms with Crippen LogP contribution in [0.3, 0.4) is 0 Å². The summed E-state index contributed by atoms with van der Waals surface area (Å²) in [7, 11) is 0. The van der Waals surface area contributed by atoms with E-state index in [-0.39, 0.29) is 24.2 Å². The van der Waals surface area contributed by atoms with Crippen LogP contribution in [0.25, 0.3) is 0 Å². The van der Waals surface area contributed by atoms with E-state index in [1.54, 1.807) is 29.2 Å². The molecule has 2 atom stereocenters. The Labute approximate surface area is 119 Å². The molecule has 1 aromatic rings. The van der Waals surface area contributed by atoms with Gasteiger partial charge in [-0.15, -0.1) is 0 Å².